The van der Waals surface area contributed by atoms with E-state index in [9.17, 15) is 14.7 Å². The van der Waals surface area contributed by atoms with Crippen molar-refractivity contribution in [2.24, 2.45) is 0 Å². The van der Waals surface area contributed by atoms with Crippen LogP contribution in [0.2, 0.25) is 0 Å². The molecule has 0 saturated heterocycles. The molecule has 1 atom stereocenters. The fraction of sp³-hybridized carbons (Fsp3) is 0.300. The van der Waals surface area contributed by atoms with Crippen molar-refractivity contribution >= 4 is 11.8 Å². The van der Waals surface area contributed by atoms with E-state index in [4.69, 9.17) is 0 Å². The zero-order valence-corrected chi connectivity index (χ0v) is 14.6. The molecule has 2 aromatic carbocycles. The minimum Gasteiger partial charge on any atom is -0.394 e. The molecule has 0 spiro atoms. The van der Waals surface area contributed by atoms with Crippen LogP contribution in [0.25, 0.3) is 0 Å². The second kappa shape index (κ2) is 8.99. The Morgan fingerprint density at radius 2 is 1.60 bits per heavy atom. The lowest BCUT2D eigenvalue weighted by Crippen LogP contribution is -2.30. The first-order chi connectivity index (χ1) is 12.0. The van der Waals surface area contributed by atoms with E-state index in [2.05, 4.69) is 17.6 Å². The summed E-state index contributed by atoms with van der Waals surface area (Å²) in [5.74, 6) is -0.341. The molecular formula is C20H24N2O3. The molecule has 25 heavy (non-hydrogen) atoms. The number of aryl methyl sites for hydroxylation is 1. The van der Waals surface area contributed by atoms with Crippen LogP contribution in [0.4, 0.5) is 0 Å². The summed E-state index contributed by atoms with van der Waals surface area (Å²) in [6.07, 6.45) is 0.946. The molecule has 0 aliphatic heterocycles. The van der Waals surface area contributed by atoms with Crippen molar-refractivity contribution in [1.82, 2.24) is 10.6 Å². The average molecular weight is 340 g/mol. The Kier molecular flexibility index (Phi) is 6.71. The molecule has 5 nitrogen and oxygen atoms in total. The summed E-state index contributed by atoms with van der Waals surface area (Å²) < 4.78 is 0. The van der Waals surface area contributed by atoms with Crippen molar-refractivity contribution in [3.05, 3.63) is 70.8 Å². The second-order valence-electron chi connectivity index (χ2n) is 5.91. The van der Waals surface area contributed by atoms with Gasteiger partial charge in [-0.2, -0.15) is 0 Å². The van der Waals surface area contributed by atoms with Crippen LogP contribution in [0.15, 0.2) is 48.5 Å². The first-order valence-electron chi connectivity index (χ1n) is 8.37. The van der Waals surface area contributed by atoms with Gasteiger partial charge in [-0.3, -0.25) is 9.59 Å². The van der Waals surface area contributed by atoms with E-state index in [1.807, 2.05) is 24.3 Å². The van der Waals surface area contributed by atoms with Crippen LogP contribution in [0.5, 0.6) is 0 Å². The number of carbonyl (C=O) groups excluding carboxylic acids is 2. The van der Waals surface area contributed by atoms with E-state index < -0.39 is 6.04 Å². The van der Waals surface area contributed by atoms with Crippen molar-refractivity contribution < 1.29 is 14.7 Å². The fourth-order valence-electron chi connectivity index (χ4n) is 2.46. The highest BCUT2D eigenvalue weighted by Crippen LogP contribution is 2.15. The molecule has 2 rings (SSSR count). The van der Waals surface area contributed by atoms with E-state index in [1.165, 1.54) is 12.5 Å². The third-order valence-electron chi connectivity index (χ3n) is 4.04. The van der Waals surface area contributed by atoms with Gasteiger partial charge in [0.2, 0.25) is 5.91 Å². The standard InChI is InChI=1S/C20H24N2O3/c1-3-15-4-8-17(9-5-15)19(13-23)22-20(25)18-10-6-16(7-11-18)12-21-14(2)24/h4-11,19,23H,3,12-13H2,1-2H3,(H,21,24)(H,22,25). The lowest BCUT2D eigenvalue weighted by molar-refractivity contribution is -0.119. The van der Waals surface area contributed by atoms with Gasteiger partial charge in [-0.25, -0.2) is 0 Å². The number of amides is 2. The Hall–Kier alpha value is -2.66. The number of nitrogens with one attached hydrogen (secondary N) is 2. The predicted molar refractivity (Wildman–Crippen MR) is 97.1 cm³/mol. The number of hydrogen-bond acceptors (Lipinski definition) is 3. The topological polar surface area (TPSA) is 78.4 Å². The first kappa shape index (κ1) is 18.7. The molecule has 2 amide bonds. The van der Waals surface area contributed by atoms with Crippen molar-refractivity contribution in [1.29, 1.82) is 0 Å². The summed E-state index contributed by atoms with van der Waals surface area (Å²) in [6, 6.07) is 14.4. The minimum atomic E-state index is -0.447. The van der Waals surface area contributed by atoms with E-state index >= 15 is 0 Å². The lowest BCUT2D eigenvalue weighted by atomic mass is 10.0. The Morgan fingerprint density at radius 3 is 2.12 bits per heavy atom. The molecule has 0 bridgehead atoms. The second-order valence-corrected chi connectivity index (χ2v) is 5.91. The zero-order chi connectivity index (χ0) is 18.2. The third-order valence-corrected chi connectivity index (χ3v) is 4.04. The number of aliphatic hydroxyl groups excluding tert-OH is 1. The van der Waals surface area contributed by atoms with E-state index in [-0.39, 0.29) is 18.4 Å². The first-order valence-corrected chi connectivity index (χ1v) is 8.37. The van der Waals surface area contributed by atoms with Crippen molar-refractivity contribution in [2.45, 2.75) is 32.9 Å². The molecule has 2 aromatic rings. The smallest absolute Gasteiger partial charge is 0.251 e. The summed E-state index contributed by atoms with van der Waals surface area (Å²) in [5.41, 5.74) is 3.51. The predicted octanol–water partition coefficient (Wildman–Crippen LogP) is 2.35. The molecule has 5 heteroatoms. The Balaban J connectivity index is 2.02. The molecule has 0 radical (unpaired) electrons. The molecule has 0 saturated carbocycles. The molecule has 0 aromatic heterocycles. The largest absolute Gasteiger partial charge is 0.394 e. The Labute approximate surface area is 148 Å². The molecule has 0 heterocycles. The van der Waals surface area contributed by atoms with Gasteiger partial charge in [-0.1, -0.05) is 43.3 Å². The minimum absolute atomic E-state index is 0.0956. The molecular weight excluding hydrogens is 316 g/mol. The van der Waals surface area contributed by atoms with Crippen molar-refractivity contribution in [2.75, 3.05) is 6.61 Å². The van der Waals surface area contributed by atoms with E-state index in [0.29, 0.717) is 12.1 Å². The van der Waals surface area contributed by atoms with Gasteiger partial charge in [0.15, 0.2) is 0 Å². The van der Waals surface area contributed by atoms with Gasteiger partial charge in [0.25, 0.3) is 5.91 Å². The van der Waals surface area contributed by atoms with Crippen molar-refractivity contribution in [3.8, 4) is 0 Å². The van der Waals surface area contributed by atoms with Gasteiger partial charge < -0.3 is 15.7 Å². The number of rotatable bonds is 7. The van der Waals surface area contributed by atoms with Gasteiger partial charge in [0, 0.05) is 19.0 Å². The summed E-state index contributed by atoms with van der Waals surface area (Å²) >= 11 is 0. The Bertz CT molecular complexity index is 709. The normalized spacial score (nSPS) is 11.6. The van der Waals surface area contributed by atoms with Crippen LogP contribution in [0, 0.1) is 0 Å². The SMILES string of the molecule is CCc1ccc(C(CO)NC(=O)c2ccc(CNC(C)=O)cc2)cc1. The van der Waals surface area contributed by atoms with Crippen LogP contribution in [0.1, 0.15) is 46.9 Å². The maximum Gasteiger partial charge on any atom is 0.251 e. The van der Waals surface area contributed by atoms with Gasteiger partial charge >= 0.3 is 0 Å². The third kappa shape index (κ3) is 5.43. The zero-order valence-electron chi connectivity index (χ0n) is 14.6. The number of aliphatic hydroxyl groups is 1. The number of carbonyl (C=O) groups is 2. The average Bonchev–Trinajstić information content (AvgIpc) is 2.64. The van der Waals surface area contributed by atoms with Gasteiger partial charge in [-0.15, -0.1) is 0 Å². The van der Waals surface area contributed by atoms with Crippen LogP contribution in [0.3, 0.4) is 0 Å². The summed E-state index contributed by atoms with van der Waals surface area (Å²) in [4.78, 5) is 23.3. The number of hydrogen-bond donors (Lipinski definition) is 3. The maximum atomic E-state index is 12.4. The molecule has 132 valence electrons. The fourth-order valence-corrected chi connectivity index (χ4v) is 2.46. The van der Waals surface area contributed by atoms with Crippen molar-refractivity contribution in [3.63, 3.8) is 0 Å². The van der Waals surface area contributed by atoms with E-state index in [0.717, 1.165) is 17.5 Å². The van der Waals surface area contributed by atoms with Gasteiger partial charge in [0.05, 0.1) is 12.6 Å². The van der Waals surface area contributed by atoms with Gasteiger partial charge in [0.1, 0.15) is 0 Å². The lowest BCUT2D eigenvalue weighted by Gasteiger charge is -2.17. The summed E-state index contributed by atoms with van der Waals surface area (Å²) in [7, 11) is 0. The highest BCUT2D eigenvalue weighted by Gasteiger charge is 2.15. The monoisotopic (exact) mass is 340 g/mol. The Morgan fingerprint density at radius 1 is 1.00 bits per heavy atom. The molecule has 0 aliphatic carbocycles. The summed E-state index contributed by atoms with van der Waals surface area (Å²) in [6.45, 7) is 3.80. The quantitative estimate of drug-likeness (QED) is 0.724. The number of benzene rings is 2. The van der Waals surface area contributed by atoms with Crippen LogP contribution >= 0.6 is 0 Å². The highest BCUT2D eigenvalue weighted by molar-refractivity contribution is 5.94. The van der Waals surface area contributed by atoms with Crippen LogP contribution in [-0.4, -0.2) is 23.5 Å². The van der Waals surface area contributed by atoms with Crippen LogP contribution in [-0.2, 0) is 17.8 Å². The van der Waals surface area contributed by atoms with Crippen LogP contribution < -0.4 is 10.6 Å². The maximum absolute atomic E-state index is 12.4. The van der Waals surface area contributed by atoms with Gasteiger partial charge in [-0.05, 0) is 35.2 Å². The van der Waals surface area contributed by atoms with E-state index in [1.54, 1.807) is 24.3 Å². The highest BCUT2D eigenvalue weighted by atomic mass is 16.3. The molecule has 1 unspecified atom stereocenters. The summed E-state index contributed by atoms with van der Waals surface area (Å²) in [5, 5.41) is 15.2. The molecule has 0 aliphatic rings. The molecule has 3 N–H and O–H groups in total. The molecule has 0 fully saturated rings.